The van der Waals surface area contributed by atoms with Gasteiger partial charge in [0.1, 0.15) is 4.90 Å². The second kappa shape index (κ2) is 5.40. The van der Waals surface area contributed by atoms with Crippen molar-refractivity contribution in [3.05, 3.63) is 37.7 Å². The molecule has 4 nitrogen and oxygen atoms in total. The minimum Gasteiger partial charge on any atom is -0.276 e. The number of halogens is 2. The average Bonchev–Trinajstić information content (AvgIpc) is 2.63. The van der Waals surface area contributed by atoms with Crippen LogP contribution in [-0.4, -0.2) is 13.4 Å². The molecule has 0 unspecified atom stereocenters. The van der Waals surface area contributed by atoms with Gasteiger partial charge in [-0.25, -0.2) is 13.4 Å². The predicted molar refractivity (Wildman–Crippen MR) is 81.5 cm³/mol. The molecule has 2 aromatic heterocycles. The zero-order valence-corrected chi connectivity index (χ0v) is 14.0. The van der Waals surface area contributed by atoms with E-state index in [1.54, 1.807) is 19.1 Å². The number of sulfonamides is 1. The van der Waals surface area contributed by atoms with Gasteiger partial charge in [0.05, 0.1) is 5.69 Å². The number of aryl methyl sites for hydroxylation is 2. The Balaban J connectivity index is 2.42. The topological polar surface area (TPSA) is 59.1 Å². The standard InChI is InChI=1S/C11H10BrClN2O2S2/c1-6-3-10(7(2)18-6)19(16,17)15-9-4-8(12)5-14-11(9)13/h3-5,15H,1-2H3. The van der Waals surface area contributed by atoms with Crippen LogP contribution in [0.15, 0.2) is 27.7 Å². The number of pyridine rings is 1. The Hall–Kier alpha value is -0.630. The molecule has 1 N–H and O–H groups in total. The fraction of sp³-hybridized carbons (Fsp3) is 0.182. The lowest BCUT2D eigenvalue weighted by atomic mass is 10.4. The molecule has 0 bridgehead atoms. The SMILES string of the molecule is Cc1cc(S(=O)(=O)Nc2cc(Br)cnc2Cl)c(C)s1. The van der Waals surface area contributed by atoms with Crippen LogP contribution in [0.5, 0.6) is 0 Å². The molecule has 0 amide bonds. The van der Waals surface area contributed by atoms with Gasteiger partial charge in [-0.05, 0) is 41.9 Å². The molecular formula is C11H10BrClN2O2S2. The van der Waals surface area contributed by atoms with Crippen LogP contribution in [0.3, 0.4) is 0 Å². The van der Waals surface area contributed by atoms with Gasteiger partial charge in [-0.3, -0.25) is 4.72 Å². The Morgan fingerprint density at radius 2 is 2.05 bits per heavy atom. The van der Waals surface area contributed by atoms with E-state index in [0.29, 0.717) is 4.47 Å². The molecule has 102 valence electrons. The van der Waals surface area contributed by atoms with E-state index in [2.05, 4.69) is 25.6 Å². The van der Waals surface area contributed by atoms with Crippen molar-refractivity contribution in [3.8, 4) is 0 Å². The quantitative estimate of drug-likeness (QED) is 0.818. The summed E-state index contributed by atoms with van der Waals surface area (Å²) in [6.45, 7) is 3.64. The molecule has 2 rings (SSSR count). The van der Waals surface area contributed by atoms with E-state index in [1.807, 2.05) is 6.92 Å². The third-order valence-corrected chi connectivity index (χ3v) is 5.66. The molecule has 0 spiro atoms. The Morgan fingerprint density at radius 3 is 2.63 bits per heavy atom. The lowest BCUT2D eigenvalue weighted by Crippen LogP contribution is -2.13. The summed E-state index contributed by atoms with van der Waals surface area (Å²) in [6.07, 6.45) is 1.50. The van der Waals surface area contributed by atoms with Crippen LogP contribution >= 0.6 is 38.9 Å². The van der Waals surface area contributed by atoms with Gasteiger partial charge in [-0.2, -0.15) is 0 Å². The Labute approximate surface area is 129 Å². The Bertz CT molecular complexity index is 728. The zero-order chi connectivity index (χ0) is 14.2. The number of hydrogen-bond donors (Lipinski definition) is 1. The molecule has 0 aliphatic rings. The van der Waals surface area contributed by atoms with E-state index in [-0.39, 0.29) is 15.7 Å². The van der Waals surface area contributed by atoms with Crippen molar-refractivity contribution in [1.29, 1.82) is 0 Å². The second-order valence-corrected chi connectivity index (χ2v) is 8.26. The number of nitrogens with one attached hydrogen (secondary N) is 1. The number of anilines is 1. The highest BCUT2D eigenvalue weighted by Crippen LogP contribution is 2.29. The fourth-order valence-electron chi connectivity index (χ4n) is 1.57. The summed E-state index contributed by atoms with van der Waals surface area (Å²) in [5.74, 6) is 0. The first-order valence-electron chi connectivity index (χ1n) is 5.20. The van der Waals surface area contributed by atoms with Crippen molar-refractivity contribution in [2.75, 3.05) is 4.72 Å². The minimum atomic E-state index is -3.65. The summed E-state index contributed by atoms with van der Waals surface area (Å²) in [7, 11) is -3.65. The Kier molecular flexibility index (Phi) is 4.20. The molecule has 0 saturated carbocycles. The zero-order valence-electron chi connectivity index (χ0n) is 10.1. The number of nitrogens with zero attached hydrogens (tertiary/aromatic N) is 1. The molecule has 2 heterocycles. The lowest BCUT2D eigenvalue weighted by Gasteiger charge is -2.09. The van der Waals surface area contributed by atoms with Crippen LogP contribution in [-0.2, 0) is 10.0 Å². The number of rotatable bonds is 3. The summed E-state index contributed by atoms with van der Waals surface area (Å²) < 4.78 is 27.7. The largest absolute Gasteiger partial charge is 0.276 e. The second-order valence-electron chi connectivity index (χ2n) is 3.87. The van der Waals surface area contributed by atoms with Gasteiger partial charge in [-0.1, -0.05) is 11.6 Å². The maximum Gasteiger partial charge on any atom is 0.263 e. The highest BCUT2D eigenvalue weighted by atomic mass is 79.9. The van der Waals surface area contributed by atoms with Crippen molar-refractivity contribution in [1.82, 2.24) is 4.98 Å². The van der Waals surface area contributed by atoms with Crippen LogP contribution in [0.2, 0.25) is 5.15 Å². The number of hydrogen-bond acceptors (Lipinski definition) is 4. The molecule has 0 atom stereocenters. The Morgan fingerprint density at radius 1 is 1.37 bits per heavy atom. The number of thiophene rings is 1. The van der Waals surface area contributed by atoms with Crippen molar-refractivity contribution >= 4 is 54.6 Å². The van der Waals surface area contributed by atoms with E-state index in [0.717, 1.165) is 9.75 Å². The van der Waals surface area contributed by atoms with Crippen molar-refractivity contribution < 1.29 is 8.42 Å². The molecule has 0 aliphatic carbocycles. The van der Waals surface area contributed by atoms with Crippen LogP contribution in [0.1, 0.15) is 9.75 Å². The van der Waals surface area contributed by atoms with Gasteiger partial charge in [0, 0.05) is 20.4 Å². The van der Waals surface area contributed by atoms with Crippen molar-refractivity contribution in [3.63, 3.8) is 0 Å². The van der Waals surface area contributed by atoms with Gasteiger partial charge in [0.15, 0.2) is 5.15 Å². The molecule has 0 aliphatic heterocycles. The average molecular weight is 382 g/mol. The monoisotopic (exact) mass is 380 g/mol. The third kappa shape index (κ3) is 3.28. The van der Waals surface area contributed by atoms with Gasteiger partial charge >= 0.3 is 0 Å². The van der Waals surface area contributed by atoms with Gasteiger partial charge < -0.3 is 0 Å². The van der Waals surface area contributed by atoms with Gasteiger partial charge in [-0.15, -0.1) is 11.3 Å². The summed E-state index contributed by atoms with van der Waals surface area (Å²) in [5, 5.41) is 0.108. The molecule has 0 saturated heterocycles. The molecular weight excluding hydrogens is 372 g/mol. The van der Waals surface area contributed by atoms with Gasteiger partial charge in [0.25, 0.3) is 10.0 Å². The van der Waals surface area contributed by atoms with Crippen LogP contribution in [0.25, 0.3) is 0 Å². The maximum atomic E-state index is 12.3. The third-order valence-electron chi connectivity index (χ3n) is 2.33. The molecule has 0 fully saturated rings. The molecule has 2 aromatic rings. The first-order valence-corrected chi connectivity index (χ1v) is 8.67. The normalized spacial score (nSPS) is 11.6. The van der Waals surface area contributed by atoms with E-state index in [1.165, 1.54) is 17.5 Å². The van der Waals surface area contributed by atoms with Crippen molar-refractivity contribution in [2.45, 2.75) is 18.7 Å². The van der Waals surface area contributed by atoms with Crippen LogP contribution < -0.4 is 4.72 Å². The highest BCUT2D eigenvalue weighted by Gasteiger charge is 2.20. The van der Waals surface area contributed by atoms with E-state index in [9.17, 15) is 8.42 Å². The predicted octanol–water partition coefficient (Wildman–Crippen LogP) is 3.98. The summed E-state index contributed by atoms with van der Waals surface area (Å²) in [6, 6.07) is 3.21. The first-order chi connectivity index (χ1) is 8.79. The molecule has 19 heavy (non-hydrogen) atoms. The highest BCUT2D eigenvalue weighted by molar-refractivity contribution is 9.10. The lowest BCUT2D eigenvalue weighted by molar-refractivity contribution is 0.601. The van der Waals surface area contributed by atoms with Crippen LogP contribution in [0, 0.1) is 13.8 Å². The van der Waals surface area contributed by atoms with Gasteiger partial charge in [0.2, 0.25) is 0 Å². The van der Waals surface area contributed by atoms with E-state index < -0.39 is 10.0 Å². The molecule has 0 radical (unpaired) electrons. The van der Waals surface area contributed by atoms with Crippen molar-refractivity contribution in [2.24, 2.45) is 0 Å². The number of aromatic nitrogens is 1. The van der Waals surface area contributed by atoms with Crippen LogP contribution in [0.4, 0.5) is 5.69 Å². The minimum absolute atomic E-state index is 0.108. The first kappa shape index (κ1) is 14.8. The summed E-state index contributed by atoms with van der Waals surface area (Å²) in [5.41, 5.74) is 0.249. The summed E-state index contributed by atoms with van der Waals surface area (Å²) >= 11 is 10.5. The van der Waals surface area contributed by atoms with E-state index in [4.69, 9.17) is 11.6 Å². The maximum absolute atomic E-state index is 12.3. The smallest absolute Gasteiger partial charge is 0.263 e. The molecule has 8 heteroatoms. The fourth-order valence-corrected chi connectivity index (χ4v) is 4.72. The summed E-state index contributed by atoms with van der Waals surface area (Å²) in [4.78, 5) is 5.83. The van der Waals surface area contributed by atoms with E-state index >= 15 is 0 Å². The molecule has 0 aromatic carbocycles.